The van der Waals surface area contributed by atoms with E-state index in [1.165, 1.54) is 25.7 Å². The van der Waals surface area contributed by atoms with Crippen LogP contribution in [0.1, 0.15) is 79.1 Å². The molecule has 0 radical (unpaired) electrons. The molecule has 0 bridgehead atoms. The van der Waals surface area contributed by atoms with Crippen molar-refractivity contribution in [3.8, 4) is 0 Å². The molecule has 2 atom stereocenters. The van der Waals surface area contributed by atoms with Crippen molar-refractivity contribution in [2.24, 2.45) is 11.8 Å². The molecule has 0 aromatic heterocycles. The molecule has 0 saturated heterocycles. The van der Waals surface area contributed by atoms with Gasteiger partial charge in [0.2, 0.25) is 0 Å². The van der Waals surface area contributed by atoms with Gasteiger partial charge in [-0.3, -0.25) is 0 Å². The largest absolute Gasteiger partial charge is 0.329 e. The first-order valence-corrected chi connectivity index (χ1v) is 12.5. The fourth-order valence-electron chi connectivity index (χ4n) is 2.61. The Hall–Kier alpha value is 1.28. The molecule has 0 aliphatic rings. The van der Waals surface area contributed by atoms with E-state index in [0.717, 1.165) is 37.2 Å². The van der Waals surface area contributed by atoms with Gasteiger partial charge in [0, 0.05) is 19.5 Å². The summed E-state index contributed by atoms with van der Waals surface area (Å²) in [5, 5.41) is 0. The van der Waals surface area contributed by atoms with Crippen LogP contribution in [0, 0.1) is 11.8 Å². The van der Waals surface area contributed by atoms with Gasteiger partial charge >= 0.3 is 0 Å². The molecule has 2 unspecified atom stereocenters. The van der Waals surface area contributed by atoms with Crippen LogP contribution in [0.4, 0.5) is 0 Å². The summed E-state index contributed by atoms with van der Waals surface area (Å²) in [6.45, 7) is 5.01. The fourth-order valence-corrected chi connectivity index (χ4v) is 7.50. The number of rotatable bonds is 12. The molecular formula is C16H37O3PSZn. The Morgan fingerprint density at radius 2 is 1.14 bits per heavy atom. The number of hydrogen-bond donors (Lipinski definition) is 3. The molecule has 22 heavy (non-hydrogen) atoms. The van der Waals surface area contributed by atoms with Crippen molar-refractivity contribution in [2.45, 2.75) is 79.1 Å². The molecule has 0 aromatic carbocycles. The Labute approximate surface area is 153 Å². The predicted octanol–water partition coefficient (Wildman–Crippen LogP) is 4.69. The summed E-state index contributed by atoms with van der Waals surface area (Å²) in [6, 6.07) is 0. The maximum atomic E-state index is 9.85. The third-order valence-electron chi connectivity index (χ3n) is 4.29. The summed E-state index contributed by atoms with van der Waals surface area (Å²) < 4.78 is 0. The van der Waals surface area contributed by atoms with Gasteiger partial charge in [0.1, 0.15) is 0 Å². The topological polar surface area (TPSA) is 60.7 Å². The SMILES string of the molecule is CCCCC(CC)CS(CC(CC)CCCC)=P(O)(O)O.[Zn]. The second-order valence-corrected chi connectivity index (χ2v) is 11.8. The van der Waals surface area contributed by atoms with E-state index in [9.17, 15) is 14.7 Å². The molecule has 0 fully saturated rings. The molecule has 6 heteroatoms. The molecule has 0 aliphatic heterocycles. The Bertz CT molecular complexity index is 292. The maximum absolute atomic E-state index is 9.85. The minimum absolute atomic E-state index is 0. The molecule has 0 spiro atoms. The average Bonchev–Trinajstić information content (AvgIpc) is 2.44. The van der Waals surface area contributed by atoms with Gasteiger partial charge in [-0.05, 0) is 36.2 Å². The van der Waals surface area contributed by atoms with Crippen LogP contribution >= 0.6 is 6.72 Å². The molecule has 3 nitrogen and oxygen atoms in total. The van der Waals surface area contributed by atoms with Crippen LogP contribution in [-0.4, -0.2) is 26.2 Å². The van der Waals surface area contributed by atoms with Crippen molar-refractivity contribution in [2.75, 3.05) is 11.5 Å². The van der Waals surface area contributed by atoms with E-state index in [-0.39, 0.29) is 19.5 Å². The monoisotopic (exact) mass is 404 g/mol. The molecule has 3 N–H and O–H groups in total. The first-order valence-electron chi connectivity index (χ1n) is 8.64. The summed E-state index contributed by atoms with van der Waals surface area (Å²) in [6.07, 6.45) is 9.15. The quantitative estimate of drug-likeness (QED) is 0.326. The van der Waals surface area contributed by atoms with Gasteiger partial charge < -0.3 is 14.7 Å². The zero-order valence-electron chi connectivity index (χ0n) is 15.1. The zero-order valence-corrected chi connectivity index (χ0v) is 19.8. The summed E-state index contributed by atoms with van der Waals surface area (Å²) in [7, 11) is -0.631. The van der Waals surface area contributed by atoms with Gasteiger partial charge in [0.25, 0.3) is 6.72 Å². The Morgan fingerprint density at radius 1 is 0.773 bits per heavy atom. The molecule has 0 aromatic rings. The first-order chi connectivity index (χ1) is 9.88. The second kappa shape index (κ2) is 14.6. The fraction of sp³-hybridized carbons (Fsp3) is 1.00. The van der Waals surface area contributed by atoms with E-state index in [2.05, 4.69) is 27.7 Å². The Morgan fingerprint density at radius 3 is 1.36 bits per heavy atom. The third kappa shape index (κ3) is 11.8. The minimum atomic E-state index is -3.70. The summed E-state index contributed by atoms with van der Waals surface area (Å²) in [5.74, 6) is 2.61. The van der Waals surface area contributed by atoms with Crippen molar-refractivity contribution in [3.05, 3.63) is 0 Å². The van der Waals surface area contributed by atoms with Crippen LogP contribution in [0.5, 0.6) is 0 Å². The van der Waals surface area contributed by atoms with Gasteiger partial charge in [0.15, 0.2) is 0 Å². The van der Waals surface area contributed by atoms with Crippen LogP contribution in [0.3, 0.4) is 0 Å². The van der Waals surface area contributed by atoms with Crippen molar-refractivity contribution in [1.29, 1.82) is 0 Å². The Kier molecular flexibility index (Phi) is 17.0. The van der Waals surface area contributed by atoms with E-state index < -0.39 is 16.8 Å². The molecular weight excluding hydrogens is 369 g/mol. The number of unbranched alkanes of at least 4 members (excludes halogenated alkanes) is 2. The van der Waals surface area contributed by atoms with Crippen molar-refractivity contribution in [1.82, 2.24) is 0 Å². The van der Waals surface area contributed by atoms with Gasteiger partial charge in [-0.15, -0.1) is 10.1 Å². The molecule has 0 heterocycles. The van der Waals surface area contributed by atoms with Crippen LogP contribution in [0.15, 0.2) is 0 Å². The number of hydrogen-bond acceptors (Lipinski definition) is 0. The maximum Gasteiger partial charge on any atom is 0.277 e. The van der Waals surface area contributed by atoms with Crippen molar-refractivity contribution in [3.63, 3.8) is 0 Å². The van der Waals surface area contributed by atoms with Crippen molar-refractivity contribution < 1.29 is 34.2 Å². The molecule has 0 rings (SSSR count). The van der Waals surface area contributed by atoms with Gasteiger partial charge in [-0.2, -0.15) is 0 Å². The van der Waals surface area contributed by atoms with Gasteiger partial charge in [-0.1, -0.05) is 66.2 Å². The second-order valence-electron chi connectivity index (χ2n) is 6.14. The zero-order chi connectivity index (χ0) is 16.3. The molecule has 0 saturated carbocycles. The van der Waals surface area contributed by atoms with E-state index in [0.29, 0.717) is 11.8 Å². The van der Waals surface area contributed by atoms with E-state index in [4.69, 9.17) is 0 Å². The molecule has 132 valence electrons. The minimum Gasteiger partial charge on any atom is -0.329 e. The van der Waals surface area contributed by atoms with Crippen molar-refractivity contribution >= 4 is 16.8 Å². The van der Waals surface area contributed by atoms with Gasteiger partial charge in [-0.25, -0.2) is 0 Å². The standard InChI is InChI=1S/C16H37O3PS.Zn/c1-5-9-11-15(7-3)13-21(20(17,18)19)14-16(8-4)12-10-6-2;/h15-19H,5-14H2,1-4H3;. The predicted molar refractivity (Wildman–Crippen MR) is 97.3 cm³/mol. The Balaban J connectivity index is 0. The summed E-state index contributed by atoms with van der Waals surface area (Å²) in [4.78, 5) is 29.6. The van der Waals surface area contributed by atoms with E-state index in [1.807, 2.05) is 0 Å². The normalized spacial score (nSPS) is 16.0. The third-order valence-corrected chi connectivity index (χ3v) is 9.67. The average molecular weight is 406 g/mol. The molecule has 0 amide bonds. The van der Waals surface area contributed by atoms with Crippen LogP contribution in [0.2, 0.25) is 0 Å². The summed E-state index contributed by atoms with van der Waals surface area (Å²) >= 11 is 0. The van der Waals surface area contributed by atoms with E-state index >= 15 is 0 Å². The van der Waals surface area contributed by atoms with Crippen LogP contribution < -0.4 is 0 Å². The smallest absolute Gasteiger partial charge is 0.277 e. The van der Waals surface area contributed by atoms with Crippen LogP contribution in [0.25, 0.3) is 0 Å². The first kappa shape index (κ1) is 25.5. The molecule has 0 aliphatic carbocycles. The van der Waals surface area contributed by atoms with Crippen LogP contribution in [-0.2, 0) is 29.6 Å². The van der Waals surface area contributed by atoms with Gasteiger partial charge in [0.05, 0.1) is 0 Å². The summed E-state index contributed by atoms with van der Waals surface area (Å²) in [5.41, 5.74) is 0. The van der Waals surface area contributed by atoms with E-state index in [1.54, 1.807) is 0 Å².